The van der Waals surface area contributed by atoms with Crippen LogP contribution in [-0.2, 0) is 4.79 Å². The van der Waals surface area contributed by atoms with Crippen molar-refractivity contribution < 1.29 is 4.79 Å². The number of primary amides is 1. The first-order valence-corrected chi connectivity index (χ1v) is 3.13. The Labute approximate surface area is 55.8 Å². The summed E-state index contributed by atoms with van der Waals surface area (Å²) in [6.45, 7) is 3.37. The standard InChI is InChI=1S/C6H14N2O/c1-3-4-8(2)5-6(7)9/h3-5H2,1-2H3,(H2,7,9). The van der Waals surface area contributed by atoms with Crippen LogP contribution in [0.25, 0.3) is 0 Å². The molecule has 3 heteroatoms. The summed E-state index contributed by atoms with van der Waals surface area (Å²) in [5.41, 5.74) is 4.94. The molecule has 0 aliphatic rings. The van der Waals surface area contributed by atoms with Crippen LogP contribution in [0.1, 0.15) is 13.3 Å². The summed E-state index contributed by atoms with van der Waals surface area (Å²) in [4.78, 5) is 12.2. The summed E-state index contributed by atoms with van der Waals surface area (Å²) in [5.74, 6) is -0.258. The van der Waals surface area contributed by atoms with Crippen molar-refractivity contribution >= 4 is 5.91 Å². The summed E-state index contributed by atoms with van der Waals surface area (Å²) in [5, 5.41) is 0. The number of carbonyl (C=O) groups excluding carboxylic acids is 1. The molecule has 0 spiro atoms. The molecule has 0 unspecified atom stereocenters. The molecule has 0 bridgehead atoms. The average molecular weight is 130 g/mol. The number of amides is 1. The van der Waals surface area contributed by atoms with Crippen molar-refractivity contribution in [1.29, 1.82) is 0 Å². The van der Waals surface area contributed by atoms with E-state index in [4.69, 9.17) is 5.73 Å². The van der Waals surface area contributed by atoms with Crippen LogP contribution >= 0.6 is 0 Å². The van der Waals surface area contributed by atoms with E-state index in [1.54, 1.807) is 0 Å². The Morgan fingerprint density at radius 1 is 1.67 bits per heavy atom. The fraction of sp³-hybridized carbons (Fsp3) is 0.833. The first-order chi connectivity index (χ1) is 4.16. The molecule has 3 nitrogen and oxygen atoms in total. The lowest BCUT2D eigenvalue weighted by molar-refractivity contribution is -0.118. The van der Waals surface area contributed by atoms with Gasteiger partial charge >= 0.3 is 0 Å². The predicted octanol–water partition coefficient (Wildman–Crippen LogP) is -0.186. The highest BCUT2D eigenvalue weighted by atomic mass is 16.1. The third kappa shape index (κ3) is 5.30. The van der Waals surface area contributed by atoms with E-state index in [-0.39, 0.29) is 5.91 Å². The summed E-state index contributed by atoms with van der Waals surface area (Å²) in [6, 6.07) is 0. The molecule has 0 aliphatic heterocycles. The lowest BCUT2D eigenvalue weighted by Gasteiger charge is -2.11. The Hall–Kier alpha value is -0.570. The largest absolute Gasteiger partial charge is 0.369 e. The minimum Gasteiger partial charge on any atom is -0.369 e. The van der Waals surface area contributed by atoms with Gasteiger partial charge in [0.15, 0.2) is 0 Å². The minimum atomic E-state index is -0.258. The first-order valence-electron chi connectivity index (χ1n) is 3.13. The molecule has 0 heterocycles. The van der Waals surface area contributed by atoms with Crippen LogP contribution in [0.2, 0.25) is 0 Å². The Morgan fingerprint density at radius 2 is 2.22 bits per heavy atom. The highest BCUT2D eigenvalue weighted by Gasteiger charge is 1.98. The highest BCUT2D eigenvalue weighted by Crippen LogP contribution is 1.83. The summed E-state index contributed by atoms with van der Waals surface area (Å²) in [6.07, 6.45) is 1.06. The lowest BCUT2D eigenvalue weighted by atomic mass is 10.4. The number of hydrogen-bond donors (Lipinski definition) is 1. The van der Waals surface area contributed by atoms with Gasteiger partial charge in [-0.3, -0.25) is 9.69 Å². The lowest BCUT2D eigenvalue weighted by Crippen LogP contribution is -2.30. The molecule has 2 N–H and O–H groups in total. The van der Waals surface area contributed by atoms with E-state index < -0.39 is 0 Å². The average Bonchev–Trinajstić information content (AvgIpc) is 1.63. The van der Waals surface area contributed by atoms with Crippen molar-refractivity contribution in [3.05, 3.63) is 0 Å². The molecule has 9 heavy (non-hydrogen) atoms. The summed E-state index contributed by atoms with van der Waals surface area (Å²) < 4.78 is 0. The zero-order valence-corrected chi connectivity index (χ0v) is 6.05. The number of nitrogens with two attached hydrogens (primary N) is 1. The number of nitrogens with zero attached hydrogens (tertiary/aromatic N) is 1. The number of carbonyl (C=O) groups is 1. The van der Waals surface area contributed by atoms with Crippen molar-refractivity contribution in [1.82, 2.24) is 4.90 Å². The van der Waals surface area contributed by atoms with Crippen LogP contribution in [0, 0.1) is 0 Å². The number of rotatable bonds is 4. The van der Waals surface area contributed by atoms with Gasteiger partial charge in [-0.25, -0.2) is 0 Å². The minimum absolute atomic E-state index is 0.258. The van der Waals surface area contributed by atoms with Crippen LogP contribution in [0.15, 0.2) is 0 Å². The van der Waals surface area contributed by atoms with Gasteiger partial charge in [0.1, 0.15) is 0 Å². The van der Waals surface area contributed by atoms with Gasteiger partial charge in [-0.1, -0.05) is 6.92 Å². The Bertz CT molecular complexity index is 93.1. The summed E-state index contributed by atoms with van der Waals surface area (Å²) >= 11 is 0. The molecule has 54 valence electrons. The molecule has 0 fully saturated rings. The third-order valence-electron chi connectivity index (χ3n) is 1.03. The zero-order valence-electron chi connectivity index (χ0n) is 6.05. The molecule has 0 rings (SSSR count). The van der Waals surface area contributed by atoms with Gasteiger partial charge in [-0.05, 0) is 20.0 Å². The topological polar surface area (TPSA) is 46.3 Å². The van der Waals surface area contributed by atoms with E-state index >= 15 is 0 Å². The second-order valence-corrected chi connectivity index (χ2v) is 2.20. The number of likely N-dealkylation sites (N-methyl/N-ethyl adjacent to an activating group) is 1. The fourth-order valence-electron chi connectivity index (χ4n) is 0.727. The van der Waals surface area contributed by atoms with Crippen LogP contribution in [0.3, 0.4) is 0 Å². The molecule has 0 saturated heterocycles. The predicted molar refractivity (Wildman–Crippen MR) is 37.0 cm³/mol. The molecule has 0 saturated carbocycles. The van der Waals surface area contributed by atoms with Crippen molar-refractivity contribution in [3.8, 4) is 0 Å². The normalized spacial score (nSPS) is 10.1. The second-order valence-electron chi connectivity index (χ2n) is 2.20. The van der Waals surface area contributed by atoms with Crippen molar-refractivity contribution in [2.24, 2.45) is 5.73 Å². The molecule has 0 aliphatic carbocycles. The van der Waals surface area contributed by atoms with Crippen molar-refractivity contribution in [2.75, 3.05) is 20.1 Å². The van der Waals surface area contributed by atoms with Crippen LogP contribution in [0.5, 0.6) is 0 Å². The van der Waals surface area contributed by atoms with Gasteiger partial charge in [0.25, 0.3) is 0 Å². The Morgan fingerprint density at radius 3 is 2.56 bits per heavy atom. The van der Waals surface area contributed by atoms with E-state index in [9.17, 15) is 4.79 Å². The first kappa shape index (κ1) is 8.43. The van der Waals surface area contributed by atoms with Gasteiger partial charge in [-0.2, -0.15) is 0 Å². The van der Waals surface area contributed by atoms with Crippen LogP contribution in [-0.4, -0.2) is 30.9 Å². The fourth-order valence-corrected chi connectivity index (χ4v) is 0.727. The molecule has 0 aromatic heterocycles. The molecule has 1 amide bonds. The quantitative estimate of drug-likeness (QED) is 0.573. The summed E-state index contributed by atoms with van der Waals surface area (Å²) in [7, 11) is 1.88. The number of hydrogen-bond acceptors (Lipinski definition) is 2. The monoisotopic (exact) mass is 130 g/mol. The van der Waals surface area contributed by atoms with Crippen LogP contribution < -0.4 is 5.73 Å². The van der Waals surface area contributed by atoms with Crippen molar-refractivity contribution in [2.45, 2.75) is 13.3 Å². The maximum absolute atomic E-state index is 10.3. The van der Waals surface area contributed by atoms with Gasteiger partial charge in [0, 0.05) is 0 Å². The van der Waals surface area contributed by atoms with E-state index in [0.29, 0.717) is 6.54 Å². The molecule has 0 aromatic carbocycles. The molecule has 0 atom stereocenters. The van der Waals surface area contributed by atoms with E-state index in [1.165, 1.54) is 0 Å². The van der Waals surface area contributed by atoms with Crippen LogP contribution in [0.4, 0.5) is 0 Å². The molecular weight excluding hydrogens is 116 g/mol. The smallest absolute Gasteiger partial charge is 0.231 e. The van der Waals surface area contributed by atoms with E-state index in [2.05, 4.69) is 6.92 Å². The van der Waals surface area contributed by atoms with Gasteiger partial charge in [-0.15, -0.1) is 0 Å². The molecular formula is C6H14N2O. The zero-order chi connectivity index (χ0) is 7.28. The third-order valence-corrected chi connectivity index (χ3v) is 1.03. The Balaban J connectivity index is 3.26. The SMILES string of the molecule is CCCN(C)CC(N)=O. The van der Waals surface area contributed by atoms with Gasteiger partial charge < -0.3 is 5.73 Å². The maximum atomic E-state index is 10.3. The molecule has 0 aromatic rings. The maximum Gasteiger partial charge on any atom is 0.231 e. The van der Waals surface area contributed by atoms with Gasteiger partial charge in [0.05, 0.1) is 6.54 Å². The van der Waals surface area contributed by atoms with E-state index in [0.717, 1.165) is 13.0 Å². The Kier molecular flexibility index (Phi) is 4.05. The van der Waals surface area contributed by atoms with E-state index in [1.807, 2.05) is 11.9 Å². The van der Waals surface area contributed by atoms with Gasteiger partial charge in [0.2, 0.25) is 5.91 Å². The molecule has 0 radical (unpaired) electrons. The second kappa shape index (κ2) is 4.32. The highest BCUT2D eigenvalue weighted by molar-refractivity contribution is 5.75. The van der Waals surface area contributed by atoms with Crippen molar-refractivity contribution in [3.63, 3.8) is 0 Å².